The topological polar surface area (TPSA) is 82.2 Å². The van der Waals surface area contributed by atoms with E-state index in [0.717, 1.165) is 16.5 Å². The van der Waals surface area contributed by atoms with Crippen LogP contribution in [0.3, 0.4) is 0 Å². The molecule has 1 aromatic heterocycles. The van der Waals surface area contributed by atoms with Crippen LogP contribution in [-0.2, 0) is 16.0 Å². The van der Waals surface area contributed by atoms with Gasteiger partial charge in [-0.25, -0.2) is 4.79 Å². The van der Waals surface area contributed by atoms with E-state index in [1.807, 2.05) is 24.3 Å². The lowest BCUT2D eigenvalue weighted by atomic mass is 10.1. The molecule has 100 valence electrons. The minimum absolute atomic E-state index is 0.0880. The molecule has 1 heterocycles. The van der Waals surface area contributed by atoms with E-state index < -0.39 is 12.0 Å². The molecule has 0 aliphatic rings. The standard InChI is InChI=1S/C13H13BrN2O3/c14-6-12(17)16-11(13(18)19)5-8-7-15-10-4-2-1-3-9(8)10/h1-4,7,11,15H,5-6H2,(H,16,17)(H,18,19). The second-order valence-electron chi connectivity index (χ2n) is 4.16. The molecule has 2 aromatic rings. The first-order valence-electron chi connectivity index (χ1n) is 5.75. The number of benzene rings is 1. The predicted octanol–water partition coefficient (Wildman–Crippen LogP) is 1.67. The maximum absolute atomic E-state index is 11.3. The van der Waals surface area contributed by atoms with Crippen LogP contribution in [0.25, 0.3) is 10.9 Å². The number of rotatable bonds is 5. The lowest BCUT2D eigenvalue weighted by molar-refractivity contribution is -0.141. The van der Waals surface area contributed by atoms with Crippen molar-refractivity contribution in [1.29, 1.82) is 0 Å². The van der Waals surface area contributed by atoms with Gasteiger partial charge in [-0.1, -0.05) is 34.1 Å². The Morgan fingerprint density at radius 1 is 1.37 bits per heavy atom. The van der Waals surface area contributed by atoms with Crippen LogP contribution < -0.4 is 5.32 Å². The summed E-state index contributed by atoms with van der Waals surface area (Å²) in [6.07, 6.45) is 2.03. The fourth-order valence-corrected chi connectivity index (χ4v) is 2.12. The van der Waals surface area contributed by atoms with Gasteiger partial charge in [0.25, 0.3) is 0 Å². The molecule has 0 saturated heterocycles. The minimum Gasteiger partial charge on any atom is -0.480 e. The Balaban J connectivity index is 2.21. The lowest BCUT2D eigenvalue weighted by Crippen LogP contribution is -2.42. The van der Waals surface area contributed by atoms with Gasteiger partial charge in [0.2, 0.25) is 5.91 Å². The fraction of sp³-hybridized carbons (Fsp3) is 0.231. The van der Waals surface area contributed by atoms with Crippen LogP contribution >= 0.6 is 15.9 Å². The van der Waals surface area contributed by atoms with Crippen molar-refractivity contribution in [3.05, 3.63) is 36.0 Å². The van der Waals surface area contributed by atoms with Crippen molar-refractivity contribution in [2.24, 2.45) is 0 Å². The molecule has 0 fully saturated rings. The second kappa shape index (κ2) is 5.88. The second-order valence-corrected chi connectivity index (χ2v) is 4.72. The first-order valence-corrected chi connectivity index (χ1v) is 6.87. The van der Waals surface area contributed by atoms with E-state index in [1.165, 1.54) is 0 Å². The third-order valence-electron chi connectivity index (χ3n) is 2.85. The summed E-state index contributed by atoms with van der Waals surface area (Å²) in [6.45, 7) is 0. The van der Waals surface area contributed by atoms with Gasteiger partial charge in [0.15, 0.2) is 0 Å². The molecule has 0 bridgehead atoms. The molecular formula is C13H13BrN2O3. The summed E-state index contributed by atoms with van der Waals surface area (Å²) in [5.41, 5.74) is 1.83. The summed E-state index contributed by atoms with van der Waals surface area (Å²) in [6, 6.07) is 6.72. The van der Waals surface area contributed by atoms with Crippen molar-refractivity contribution >= 4 is 38.7 Å². The smallest absolute Gasteiger partial charge is 0.326 e. The van der Waals surface area contributed by atoms with E-state index in [9.17, 15) is 9.59 Å². The molecule has 0 aliphatic carbocycles. The van der Waals surface area contributed by atoms with Gasteiger partial charge >= 0.3 is 5.97 Å². The highest BCUT2D eigenvalue weighted by Gasteiger charge is 2.21. The first kappa shape index (κ1) is 13.6. The van der Waals surface area contributed by atoms with Crippen molar-refractivity contribution < 1.29 is 14.7 Å². The Morgan fingerprint density at radius 2 is 2.11 bits per heavy atom. The Morgan fingerprint density at radius 3 is 2.79 bits per heavy atom. The highest BCUT2D eigenvalue weighted by molar-refractivity contribution is 9.09. The maximum Gasteiger partial charge on any atom is 0.326 e. The number of hydrogen-bond acceptors (Lipinski definition) is 2. The molecule has 0 saturated carbocycles. The zero-order chi connectivity index (χ0) is 13.8. The number of hydrogen-bond donors (Lipinski definition) is 3. The number of fused-ring (bicyclic) bond motifs is 1. The SMILES string of the molecule is O=C(CBr)NC(Cc1c[nH]c2ccccc12)C(=O)O. The first-order chi connectivity index (χ1) is 9.11. The molecule has 19 heavy (non-hydrogen) atoms. The van der Waals surface area contributed by atoms with Gasteiger partial charge in [-0.15, -0.1) is 0 Å². The minimum atomic E-state index is -1.04. The molecule has 1 amide bonds. The average Bonchev–Trinajstić information content (AvgIpc) is 2.81. The quantitative estimate of drug-likeness (QED) is 0.732. The number of carboxylic acid groups (broad SMARTS) is 1. The Bertz CT molecular complexity index is 609. The third kappa shape index (κ3) is 3.14. The number of aliphatic carboxylic acids is 1. The summed E-state index contributed by atoms with van der Waals surface area (Å²) in [4.78, 5) is 25.5. The van der Waals surface area contributed by atoms with Gasteiger partial charge in [-0.3, -0.25) is 4.79 Å². The number of aromatic amines is 1. The van der Waals surface area contributed by atoms with Gasteiger partial charge < -0.3 is 15.4 Å². The van der Waals surface area contributed by atoms with Crippen LogP contribution in [0.2, 0.25) is 0 Å². The summed E-state index contributed by atoms with van der Waals surface area (Å²) < 4.78 is 0. The number of H-pyrrole nitrogens is 1. The molecule has 0 radical (unpaired) electrons. The Kier molecular flexibility index (Phi) is 4.21. The van der Waals surface area contributed by atoms with Crippen LogP contribution in [0.1, 0.15) is 5.56 Å². The molecule has 2 rings (SSSR count). The van der Waals surface area contributed by atoms with Gasteiger partial charge in [-0.05, 0) is 11.6 Å². The number of carbonyl (C=O) groups excluding carboxylic acids is 1. The number of amides is 1. The Hall–Kier alpha value is -1.82. The van der Waals surface area contributed by atoms with Crippen molar-refractivity contribution in [1.82, 2.24) is 10.3 Å². The summed E-state index contributed by atoms with van der Waals surface area (Å²) in [7, 11) is 0. The van der Waals surface area contributed by atoms with Crippen molar-refractivity contribution in [3.8, 4) is 0 Å². The zero-order valence-electron chi connectivity index (χ0n) is 10.0. The largest absolute Gasteiger partial charge is 0.480 e. The normalized spacial score (nSPS) is 12.3. The van der Waals surface area contributed by atoms with Gasteiger partial charge in [0.05, 0.1) is 5.33 Å². The average molecular weight is 325 g/mol. The van der Waals surface area contributed by atoms with Gasteiger partial charge in [0.1, 0.15) is 6.04 Å². The molecule has 1 aromatic carbocycles. The molecule has 1 unspecified atom stereocenters. The number of carboxylic acids is 1. The highest BCUT2D eigenvalue weighted by Crippen LogP contribution is 2.19. The van der Waals surface area contributed by atoms with Gasteiger partial charge in [-0.2, -0.15) is 0 Å². The predicted molar refractivity (Wildman–Crippen MR) is 75.4 cm³/mol. The monoisotopic (exact) mass is 324 g/mol. The van der Waals surface area contributed by atoms with Crippen LogP contribution in [0.4, 0.5) is 0 Å². The van der Waals surface area contributed by atoms with Gasteiger partial charge in [0, 0.05) is 23.5 Å². The van der Waals surface area contributed by atoms with Crippen LogP contribution in [0.15, 0.2) is 30.5 Å². The van der Waals surface area contributed by atoms with E-state index in [2.05, 4.69) is 26.2 Å². The molecule has 0 spiro atoms. The van der Waals surface area contributed by atoms with Crippen LogP contribution in [0.5, 0.6) is 0 Å². The van der Waals surface area contributed by atoms with Crippen LogP contribution in [0, 0.1) is 0 Å². The fourth-order valence-electron chi connectivity index (χ4n) is 1.95. The number of aromatic nitrogens is 1. The van der Waals surface area contributed by atoms with E-state index in [0.29, 0.717) is 0 Å². The summed E-state index contributed by atoms with van der Waals surface area (Å²) >= 11 is 3.00. The number of halogens is 1. The number of alkyl halides is 1. The summed E-state index contributed by atoms with van der Waals surface area (Å²) in [5.74, 6) is -1.38. The van der Waals surface area contributed by atoms with Crippen molar-refractivity contribution in [3.63, 3.8) is 0 Å². The molecule has 5 nitrogen and oxygen atoms in total. The molecule has 6 heteroatoms. The van der Waals surface area contributed by atoms with E-state index in [-0.39, 0.29) is 17.7 Å². The molecule has 1 atom stereocenters. The number of carbonyl (C=O) groups is 2. The van der Waals surface area contributed by atoms with Crippen molar-refractivity contribution in [2.45, 2.75) is 12.5 Å². The lowest BCUT2D eigenvalue weighted by Gasteiger charge is -2.13. The molecule has 0 aliphatic heterocycles. The Labute approximate surface area is 118 Å². The van der Waals surface area contributed by atoms with Crippen molar-refractivity contribution in [2.75, 3.05) is 5.33 Å². The number of para-hydroxylation sites is 1. The molecular weight excluding hydrogens is 312 g/mol. The third-order valence-corrected chi connectivity index (χ3v) is 3.36. The van der Waals surface area contributed by atoms with E-state index >= 15 is 0 Å². The summed E-state index contributed by atoms with van der Waals surface area (Å²) in [5, 5.41) is 12.7. The zero-order valence-corrected chi connectivity index (χ0v) is 11.6. The molecule has 3 N–H and O–H groups in total. The highest BCUT2D eigenvalue weighted by atomic mass is 79.9. The maximum atomic E-state index is 11.3. The van der Waals surface area contributed by atoms with Crippen LogP contribution in [-0.4, -0.2) is 33.3 Å². The van der Waals surface area contributed by atoms with E-state index in [1.54, 1.807) is 6.20 Å². The van der Waals surface area contributed by atoms with E-state index in [4.69, 9.17) is 5.11 Å². The number of nitrogens with one attached hydrogen (secondary N) is 2.